The van der Waals surface area contributed by atoms with Gasteiger partial charge in [-0.2, -0.15) is 11.8 Å². The van der Waals surface area contributed by atoms with Crippen LogP contribution < -0.4 is 10.9 Å². The fourth-order valence-electron chi connectivity index (χ4n) is 3.71. The van der Waals surface area contributed by atoms with Crippen LogP contribution in [0, 0.1) is 12.8 Å². The van der Waals surface area contributed by atoms with E-state index in [-0.39, 0.29) is 11.5 Å². The number of aryl methyl sites for hydroxylation is 1. The number of benzene rings is 1. The minimum absolute atomic E-state index is 0.114. The summed E-state index contributed by atoms with van der Waals surface area (Å²) in [6.45, 7) is 4.77. The molecule has 9 heteroatoms. The Bertz CT molecular complexity index is 1260. The molecule has 0 saturated heterocycles. The third-order valence-corrected chi connectivity index (χ3v) is 6.33. The van der Waals surface area contributed by atoms with Crippen molar-refractivity contribution in [3.63, 3.8) is 0 Å². The van der Waals surface area contributed by atoms with E-state index in [2.05, 4.69) is 54.5 Å². The standard InChI is InChI=1S/C23H25N7OS/c1-14(18-5-4-6-19-22(18)29-13-30-23(19)31)17(11-32-3)10-26-21-7-20(27-12-28-21)16-8-24-15(2)25-9-16/h4-9,12-14,17H,10-11H2,1-3H3,(H,26,27,28)(H,29,30,31). The maximum atomic E-state index is 12.2. The molecule has 4 rings (SSSR count). The van der Waals surface area contributed by atoms with E-state index in [0.29, 0.717) is 11.3 Å². The van der Waals surface area contributed by atoms with E-state index in [1.165, 1.54) is 6.33 Å². The lowest BCUT2D eigenvalue weighted by Gasteiger charge is -2.25. The number of H-pyrrole nitrogens is 1. The molecule has 0 spiro atoms. The van der Waals surface area contributed by atoms with Gasteiger partial charge in [0.15, 0.2) is 0 Å². The fourth-order valence-corrected chi connectivity index (χ4v) is 4.54. The normalized spacial score (nSPS) is 13.1. The van der Waals surface area contributed by atoms with E-state index in [1.54, 1.807) is 30.5 Å². The van der Waals surface area contributed by atoms with Gasteiger partial charge in [0, 0.05) is 30.6 Å². The van der Waals surface area contributed by atoms with E-state index in [1.807, 2.05) is 25.1 Å². The van der Waals surface area contributed by atoms with Crippen molar-refractivity contribution >= 4 is 28.5 Å². The Morgan fingerprint density at radius 3 is 2.72 bits per heavy atom. The van der Waals surface area contributed by atoms with Gasteiger partial charge in [0.2, 0.25) is 0 Å². The molecular weight excluding hydrogens is 422 g/mol. The van der Waals surface area contributed by atoms with Gasteiger partial charge < -0.3 is 10.3 Å². The van der Waals surface area contributed by atoms with E-state index >= 15 is 0 Å². The van der Waals surface area contributed by atoms with Crippen LogP contribution in [-0.4, -0.2) is 48.5 Å². The Morgan fingerprint density at radius 2 is 1.94 bits per heavy atom. The number of nitrogens with zero attached hydrogens (tertiary/aromatic N) is 5. The van der Waals surface area contributed by atoms with Crippen LogP contribution in [0.3, 0.4) is 0 Å². The first-order valence-electron chi connectivity index (χ1n) is 10.4. The zero-order valence-electron chi connectivity index (χ0n) is 18.2. The number of fused-ring (bicyclic) bond motifs is 1. The summed E-state index contributed by atoms with van der Waals surface area (Å²) in [6, 6.07) is 7.71. The second-order valence-electron chi connectivity index (χ2n) is 7.67. The van der Waals surface area contributed by atoms with E-state index in [9.17, 15) is 4.79 Å². The van der Waals surface area contributed by atoms with Crippen molar-refractivity contribution in [1.82, 2.24) is 29.9 Å². The van der Waals surface area contributed by atoms with Gasteiger partial charge in [-0.15, -0.1) is 0 Å². The highest BCUT2D eigenvalue weighted by atomic mass is 32.2. The highest BCUT2D eigenvalue weighted by Crippen LogP contribution is 2.30. The van der Waals surface area contributed by atoms with Gasteiger partial charge in [-0.25, -0.2) is 24.9 Å². The summed E-state index contributed by atoms with van der Waals surface area (Å²) in [7, 11) is 0. The second kappa shape index (κ2) is 9.86. The van der Waals surface area contributed by atoms with Gasteiger partial charge in [-0.05, 0) is 42.4 Å². The van der Waals surface area contributed by atoms with Gasteiger partial charge in [-0.3, -0.25) is 4.79 Å². The lowest BCUT2D eigenvalue weighted by molar-refractivity contribution is 0.522. The maximum Gasteiger partial charge on any atom is 0.258 e. The van der Waals surface area contributed by atoms with Crippen LogP contribution >= 0.6 is 11.8 Å². The second-order valence-corrected chi connectivity index (χ2v) is 8.58. The number of anilines is 1. The van der Waals surface area contributed by atoms with Gasteiger partial charge in [0.1, 0.15) is 18.0 Å². The van der Waals surface area contributed by atoms with E-state index in [0.717, 1.165) is 46.3 Å². The molecule has 0 fully saturated rings. The van der Waals surface area contributed by atoms with Crippen LogP contribution in [0.1, 0.15) is 24.2 Å². The molecule has 0 aliphatic rings. The maximum absolute atomic E-state index is 12.2. The summed E-state index contributed by atoms with van der Waals surface area (Å²) in [5, 5.41) is 4.09. The van der Waals surface area contributed by atoms with Crippen molar-refractivity contribution < 1.29 is 0 Å². The molecule has 2 N–H and O–H groups in total. The Balaban J connectivity index is 1.55. The van der Waals surface area contributed by atoms with Gasteiger partial charge in [0.25, 0.3) is 5.56 Å². The molecule has 3 heterocycles. The molecule has 0 saturated carbocycles. The first kappa shape index (κ1) is 21.9. The first-order chi connectivity index (χ1) is 15.6. The van der Waals surface area contributed by atoms with Crippen molar-refractivity contribution in [1.29, 1.82) is 0 Å². The molecule has 8 nitrogen and oxygen atoms in total. The first-order valence-corrected chi connectivity index (χ1v) is 11.8. The summed E-state index contributed by atoms with van der Waals surface area (Å²) in [5.74, 6) is 2.93. The molecular formula is C23H25N7OS. The average Bonchev–Trinajstić information content (AvgIpc) is 2.82. The van der Waals surface area contributed by atoms with Gasteiger partial charge in [0.05, 0.1) is 22.9 Å². The van der Waals surface area contributed by atoms with Crippen LogP contribution in [0.15, 0.2) is 54.1 Å². The predicted molar refractivity (Wildman–Crippen MR) is 129 cm³/mol. The SMILES string of the molecule is CSCC(CNc1cc(-c2cnc(C)nc2)ncn1)C(C)c1cccc2c(=O)[nH]cnc12. The fraction of sp³-hybridized carbons (Fsp3) is 0.304. The number of thioether (sulfide) groups is 1. The molecule has 0 aliphatic heterocycles. The van der Waals surface area contributed by atoms with Crippen LogP contribution in [-0.2, 0) is 0 Å². The molecule has 2 atom stereocenters. The van der Waals surface area contributed by atoms with Crippen LogP contribution in [0.5, 0.6) is 0 Å². The topological polar surface area (TPSA) is 109 Å². The molecule has 4 aromatic rings. The molecule has 1 aromatic carbocycles. The minimum atomic E-state index is -0.114. The number of aromatic nitrogens is 6. The largest absolute Gasteiger partial charge is 0.370 e. The molecule has 0 radical (unpaired) electrons. The zero-order chi connectivity index (χ0) is 22.5. The number of hydrogen-bond acceptors (Lipinski definition) is 8. The molecule has 3 aromatic heterocycles. The van der Waals surface area contributed by atoms with Crippen LogP contribution in [0.2, 0.25) is 0 Å². The number of para-hydroxylation sites is 1. The summed E-state index contributed by atoms with van der Waals surface area (Å²) in [6.07, 6.45) is 8.65. The van der Waals surface area contributed by atoms with E-state index in [4.69, 9.17) is 0 Å². The van der Waals surface area contributed by atoms with Gasteiger partial charge >= 0.3 is 0 Å². The summed E-state index contributed by atoms with van der Waals surface area (Å²) < 4.78 is 0. The van der Waals surface area contributed by atoms with Crippen molar-refractivity contribution in [2.24, 2.45) is 5.92 Å². The summed E-state index contributed by atoms with van der Waals surface area (Å²) in [5.41, 5.74) is 3.35. The monoisotopic (exact) mass is 447 g/mol. The molecule has 32 heavy (non-hydrogen) atoms. The molecule has 0 bridgehead atoms. The Kier molecular flexibility index (Phi) is 6.75. The number of nitrogens with one attached hydrogen (secondary N) is 2. The predicted octanol–water partition coefficient (Wildman–Crippen LogP) is 3.67. The third kappa shape index (κ3) is 4.77. The van der Waals surface area contributed by atoms with Crippen LogP contribution in [0.4, 0.5) is 5.82 Å². The third-order valence-electron chi connectivity index (χ3n) is 5.57. The van der Waals surface area contributed by atoms with Crippen molar-refractivity contribution in [2.75, 3.05) is 23.9 Å². The number of hydrogen-bond donors (Lipinski definition) is 2. The average molecular weight is 448 g/mol. The summed E-state index contributed by atoms with van der Waals surface area (Å²) >= 11 is 1.80. The van der Waals surface area contributed by atoms with Crippen molar-refractivity contribution in [3.8, 4) is 11.3 Å². The smallest absolute Gasteiger partial charge is 0.258 e. The zero-order valence-corrected chi connectivity index (χ0v) is 19.1. The summed E-state index contributed by atoms with van der Waals surface area (Å²) in [4.78, 5) is 36.5. The Hall–Kier alpha value is -3.33. The minimum Gasteiger partial charge on any atom is -0.370 e. The van der Waals surface area contributed by atoms with Crippen molar-refractivity contribution in [2.45, 2.75) is 19.8 Å². The highest BCUT2D eigenvalue weighted by molar-refractivity contribution is 7.98. The Morgan fingerprint density at radius 1 is 1.12 bits per heavy atom. The number of aromatic amines is 1. The van der Waals surface area contributed by atoms with Crippen LogP contribution in [0.25, 0.3) is 22.2 Å². The molecule has 164 valence electrons. The lowest BCUT2D eigenvalue weighted by atomic mass is 9.87. The lowest BCUT2D eigenvalue weighted by Crippen LogP contribution is -2.23. The quantitative estimate of drug-likeness (QED) is 0.421. The van der Waals surface area contributed by atoms with Crippen molar-refractivity contribution in [3.05, 3.63) is 71.1 Å². The molecule has 0 aliphatic carbocycles. The molecule has 2 unspecified atom stereocenters. The van der Waals surface area contributed by atoms with E-state index < -0.39 is 0 Å². The Labute approximate surface area is 190 Å². The molecule has 0 amide bonds. The number of rotatable bonds is 8. The van der Waals surface area contributed by atoms with Gasteiger partial charge in [-0.1, -0.05) is 19.1 Å². The highest BCUT2D eigenvalue weighted by Gasteiger charge is 2.22.